The summed E-state index contributed by atoms with van der Waals surface area (Å²) in [4.78, 5) is 13.6. The number of nitrogens with zero attached hydrogens (tertiary/aromatic N) is 2. The molecule has 9 nitrogen and oxygen atoms in total. The van der Waals surface area contributed by atoms with Gasteiger partial charge in [0, 0.05) is 48.0 Å². The first-order chi connectivity index (χ1) is 17.9. The number of sulfonamides is 2. The lowest BCUT2D eigenvalue weighted by Crippen LogP contribution is -2.37. The molecule has 0 aliphatic rings. The molecule has 0 aliphatic heterocycles. The van der Waals surface area contributed by atoms with Crippen molar-refractivity contribution in [2.24, 2.45) is 7.05 Å². The van der Waals surface area contributed by atoms with Crippen LogP contribution in [0.25, 0.3) is 21.2 Å². The number of aromatic nitrogens is 1. The molecule has 0 saturated carbocycles. The van der Waals surface area contributed by atoms with E-state index in [1.165, 1.54) is 20.2 Å². The van der Waals surface area contributed by atoms with Crippen LogP contribution >= 0.6 is 11.3 Å². The van der Waals surface area contributed by atoms with Crippen LogP contribution in [-0.2, 0) is 40.2 Å². The van der Waals surface area contributed by atoms with E-state index in [0.29, 0.717) is 22.6 Å². The first-order valence-electron chi connectivity index (χ1n) is 11.7. The Hall–Kier alpha value is -3.03. The van der Waals surface area contributed by atoms with Crippen LogP contribution in [0.1, 0.15) is 10.4 Å². The Morgan fingerprint density at radius 3 is 2.42 bits per heavy atom. The maximum absolute atomic E-state index is 13.0. The molecule has 1 N–H and O–H groups in total. The van der Waals surface area contributed by atoms with Crippen molar-refractivity contribution in [3.63, 3.8) is 0 Å². The molecular weight excluding hydrogens is 547 g/mol. The number of fused-ring (bicyclic) bond motifs is 1. The van der Waals surface area contributed by atoms with Crippen molar-refractivity contribution in [3.8, 4) is 16.9 Å². The number of hydrogen-bond donors (Lipinski definition) is 1. The molecule has 12 heteroatoms. The summed E-state index contributed by atoms with van der Waals surface area (Å²) in [6.45, 7) is 0.351. The average molecular weight is 576 g/mol. The van der Waals surface area contributed by atoms with Gasteiger partial charge in [-0.15, -0.1) is 11.3 Å². The molecule has 0 amide bonds. The summed E-state index contributed by atoms with van der Waals surface area (Å²) in [5.74, 6) is 0.687. The molecule has 0 saturated heterocycles. The molecule has 0 aliphatic carbocycles. The number of pyridine rings is 1. The second-order valence-electron chi connectivity index (χ2n) is 8.98. The van der Waals surface area contributed by atoms with Gasteiger partial charge in [-0.3, -0.25) is 4.79 Å². The lowest BCUT2D eigenvalue weighted by molar-refractivity contribution is 0.306. The number of nitrogens with one attached hydrogen (secondary N) is 1. The average Bonchev–Trinajstić information content (AvgIpc) is 3.28. The fraction of sp³-hybridized carbons (Fsp3) is 0.269. The van der Waals surface area contributed by atoms with E-state index in [4.69, 9.17) is 4.74 Å². The largest absolute Gasteiger partial charge is 0.489 e. The standard InChI is InChI=1S/C26H29N3O6S3/c1-28-17-24(20-10-7-11-21(14-20)35-18-19-8-5-4-6-9-19)25-23(26(28)30)15-22(36-25)16-29(38(3,33)34)13-12-27-37(2,31)32/h4-11,14-15,17,27H,12-13,16,18H2,1-3H3. The van der Waals surface area contributed by atoms with Crippen molar-refractivity contribution in [3.05, 3.63) is 87.7 Å². The molecule has 0 atom stereocenters. The monoisotopic (exact) mass is 575 g/mol. The zero-order chi connectivity index (χ0) is 27.5. The van der Waals surface area contributed by atoms with Gasteiger partial charge in [-0.2, -0.15) is 4.31 Å². The van der Waals surface area contributed by atoms with Crippen LogP contribution < -0.4 is 15.0 Å². The first-order valence-corrected chi connectivity index (χ1v) is 16.3. The van der Waals surface area contributed by atoms with Crippen molar-refractivity contribution in [2.75, 3.05) is 25.6 Å². The van der Waals surface area contributed by atoms with Gasteiger partial charge in [0.05, 0.1) is 17.9 Å². The summed E-state index contributed by atoms with van der Waals surface area (Å²) >= 11 is 1.34. The van der Waals surface area contributed by atoms with Gasteiger partial charge in [-0.05, 0) is 29.3 Å². The van der Waals surface area contributed by atoms with E-state index < -0.39 is 20.0 Å². The molecule has 0 unspecified atom stereocenters. The zero-order valence-corrected chi connectivity index (χ0v) is 23.7. The third kappa shape index (κ3) is 7.08. The maximum atomic E-state index is 13.0. The minimum Gasteiger partial charge on any atom is -0.489 e. The smallest absolute Gasteiger partial charge is 0.259 e. The van der Waals surface area contributed by atoms with Crippen molar-refractivity contribution >= 4 is 41.5 Å². The fourth-order valence-electron chi connectivity index (χ4n) is 3.97. The molecule has 0 spiro atoms. The van der Waals surface area contributed by atoms with E-state index in [1.807, 2.05) is 54.6 Å². The van der Waals surface area contributed by atoms with Crippen molar-refractivity contribution in [1.82, 2.24) is 13.6 Å². The van der Waals surface area contributed by atoms with Gasteiger partial charge in [0.25, 0.3) is 5.56 Å². The van der Waals surface area contributed by atoms with Crippen LogP contribution in [0.15, 0.2) is 71.7 Å². The van der Waals surface area contributed by atoms with Crippen LogP contribution in [0.5, 0.6) is 5.75 Å². The number of ether oxygens (including phenoxy) is 1. The molecular formula is C26H29N3O6S3. The van der Waals surface area contributed by atoms with E-state index in [0.717, 1.165) is 33.9 Å². The predicted octanol–water partition coefficient (Wildman–Crippen LogP) is 3.16. The predicted molar refractivity (Wildman–Crippen MR) is 151 cm³/mol. The Morgan fingerprint density at radius 2 is 1.74 bits per heavy atom. The normalized spacial score (nSPS) is 12.3. The van der Waals surface area contributed by atoms with E-state index in [1.54, 1.807) is 19.3 Å². The number of rotatable bonds is 11. The number of hydrogen-bond acceptors (Lipinski definition) is 7. The topological polar surface area (TPSA) is 115 Å². The van der Waals surface area contributed by atoms with Crippen molar-refractivity contribution < 1.29 is 21.6 Å². The van der Waals surface area contributed by atoms with E-state index in [9.17, 15) is 21.6 Å². The van der Waals surface area contributed by atoms with Gasteiger partial charge in [-0.25, -0.2) is 21.6 Å². The first kappa shape index (κ1) is 28.0. The van der Waals surface area contributed by atoms with Gasteiger partial charge in [0.1, 0.15) is 12.4 Å². The maximum Gasteiger partial charge on any atom is 0.259 e. The summed E-state index contributed by atoms with van der Waals surface area (Å²) in [6, 6.07) is 19.2. The zero-order valence-electron chi connectivity index (χ0n) is 21.2. The Balaban J connectivity index is 1.65. The molecule has 4 rings (SSSR count). The van der Waals surface area contributed by atoms with Crippen LogP contribution in [0.4, 0.5) is 0 Å². The van der Waals surface area contributed by atoms with Gasteiger partial charge in [0.2, 0.25) is 20.0 Å². The summed E-state index contributed by atoms with van der Waals surface area (Å²) < 4.78 is 59.3. The molecule has 0 fully saturated rings. The lowest BCUT2D eigenvalue weighted by Gasteiger charge is -2.19. The Bertz CT molecular complexity index is 1710. The third-order valence-corrected chi connectivity index (χ3v) is 8.95. The molecule has 4 aromatic rings. The molecule has 202 valence electrons. The van der Waals surface area contributed by atoms with Crippen molar-refractivity contribution in [2.45, 2.75) is 13.2 Å². The number of aryl methyl sites for hydroxylation is 1. The molecule has 2 aromatic carbocycles. The number of thiophene rings is 1. The minimum atomic E-state index is -3.63. The molecule has 2 aromatic heterocycles. The van der Waals surface area contributed by atoms with E-state index in [-0.39, 0.29) is 25.2 Å². The molecule has 38 heavy (non-hydrogen) atoms. The van der Waals surface area contributed by atoms with Gasteiger partial charge >= 0.3 is 0 Å². The fourth-order valence-corrected chi connectivity index (χ4v) is 6.51. The Labute approximate surface area is 226 Å². The summed E-state index contributed by atoms with van der Waals surface area (Å²) in [6.07, 6.45) is 3.86. The summed E-state index contributed by atoms with van der Waals surface area (Å²) in [5, 5.41) is 0.489. The van der Waals surface area contributed by atoms with Crippen LogP contribution in [0.3, 0.4) is 0 Å². The highest BCUT2D eigenvalue weighted by Gasteiger charge is 2.21. The summed E-state index contributed by atoms with van der Waals surface area (Å²) in [7, 11) is -5.40. The highest BCUT2D eigenvalue weighted by atomic mass is 32.2. The van der Waals surface area contributed by atoms with Crippen LogP contribution in [0.2, 0.25) is 0 Å². The van der Waals surface area contributed by atoms with Crippen molar-refractivity contribution in [1.29, 1.82) is 0 Å². The van der Waals surface area contributed by atoms with Gasteiger partial charge in [-0.1, -0.05) is 42.5 Å². The van der Waals surface area contributed by atoms with Crippen LogP contribution in [-0.4, -0.2) is 51.3 Å². The third-order valence-electron chi connectivity index (χ3n) is 5.82. The Morgan fingerprint density at radius 1 is 1.00 bits per heavy atom. The lowest BCUT2D eigenvalue weighted by atomic mass is 10.1. The Kier molecular flexibility index (Phi) is 8.38. The molecule has 0 bridgehead atoms. The molecule has 0 radical (unpaired) electrons. The number of benzene rings is 2. The highest BCUT2D eigenvalue weighted by Crippen LogP contribution is 2.35. The SMILES string of the molecule is Cn1cc(-c2cccc(OCc3ccccc3)c2)c2sc(CN(CCNS(C)(=O)=O)S(C)(=O)=O)cc2c1=O. The van der Waals surface area contributed by atoms with Gasteiger partial charge < -0.3 is 9.30 Å². The quantitative estimate of drug-likeness (QED) is 0.294. The summed E-state index contributed by atoms with van der Waals surface area (Å²) in [5.41, 5.74) is 2.55. The minimum absolute atomic E-state index is 0.0203. The second kappa shape index (κ2) is 11.4. The van der Waals surface area contributed by atoms with Crippen LogP contribution in [0, 0.1) is 0 Å². The van der Waals surface area contributed by atoms with E-state index >= 15 is 0 Å². The second-order valence-corrected chi connectivity index (χ2v) is 13.9. The molecule has 2 heterocycles. The van der Waals surface area contributed by atoms with E-state index in [2.05, 4.69) is 4.72 Å². The highest BCUT2D eigenvalue weighted by molar-refractivity contribution is 7.88. The van der Waals surface area contributed by atoms with Gasteiger partial charge in [0.15, 0.2) is 0 Å².